The van der Waals surface area contributed by atoms with Crippen molar-refractivity contribution in [3.8, 4) is 17.2 Å². The van der Waals surface area contributed by atoms with Crippen LogP contribution >= 0.6 is 0 Å². The topological polar surface area (TPSA) is 85.3 Å². The van der Waals surface area contributed by atoms with Gasteiger partial charge in [0.1, 0.15) is 11.5 Å². The van der Waals surface area contributed by atoms with Crippen LogP contribution in [0.5, 0.6) is 17.2 Å². The molecule has 3 aromatic rings. The fraction of sp³-hybridized carbons (Fsp3) is 0.241. The zero-order valence-electron chi connectivity index (χ0n) is 20.6. The molecule has 1 unspecified atom stereocenters. The van der Waals surface area contributed by atoms with Crippen LogP contribution in [0.1, 0.15) is 48.1 Å². The third kappa shape index (κ3) is 3.86. The average Bonchev–Trinajstić information content (AvgIpc) is 3.45. The van der Waals surface area contributed by atoms with Crippen LogP contribution in [0.3, 0.4) is 0 Å². The van der Waals surface area contributed by atoms with Crippen molar-refractivity contribution in [2.45, 2.75) is 32.7 Å². The second-order valence-electron chi connectivity index (χ2n) is 9.23. The first-order valence-corrected chi connectivity index (χ1v) is 11.8. The molecular weight excluding hydrogens is 458 g/mol. The molecule has 1 atom stereocenters. The summed E-state index contributed by atoms with van der Waals surface area (Å²) >= 11 is 0. The van der Waals surface area contributed by atoms with Gasteiger partial charge in [-0.2, -0.15) is 0 Å². The normalized spacial score (nSPS) is 18.2. The molecule has 2 aliphatic heterocycles. The number of methoxy groups -OCH3 is 1. The summed E-state index contributed by atoms with van der Waals surface area (Å²) < 4.78 is 16.4. The Bertz CT molecular complexity index is 1410. The highest BCUT2D eigenvalue weighted by molar-refractivity contribution is 6.51. The summed E-state index contributed by atoms with van der Waals surface area (Å²) in [5.41, 5.74) is 3.52. The Morgan fingerprint density at radius 3 is 2.53 bits per heavy atom. The number of Topliss-reactive ketones (excluding diaryl/α,β-unsaturated/α-hetero) is 1. The van der Waals surface area contributed by atoms with E-state index in [0.29, 0.717) is 34.1 Å². The van der Waals surface area contributed by atoms with E-state index in [-0.39, 0.29) is 24.0 Å². The van der Waals surface area contributed by atoms with Crippen LogP contribution in [-0.4, -0.2) is 30.7 Å². The Hall–Kier alpha value is -4.26. The van der Waals surface area contributed by atoms with E-state index in [1.54, 1.807) is 43.5 Å². The number of hydrogen-bond donors (Lipinski definition) is 1. The maximum Gasteiger partial charge on any atom is 0.300 e. The number of ketones is 1. The first-order valence-electron chi connectivity index (χ1n) is 11.8. The van der Waals surface area contributed by atoms with Crippen molar-refractivity contribution in [3.63, 3.8) is 0 Å². The van der Waals surface area contributed by atoms with Gasteiger partial charge in [0.25, 0.3) is 11.7 Å². The number of rotatable bonds is 5. The smallest absolute Gasteiger partial charge is 0.300 e. The number of benzene rings is 3. The van der Waals surface area contributed by atoms with Gasteiger partial charge in [0, 0.05) is 17.3 Å². The van der Waals surface area contributed by atoms with Crippen molar-refractivity contribution >= 4 is 23.1 Å². The number of anilines is 1. The first kappa shape index (κ1) is 23.5. The van der Waals surface area contributed by atoms with Crippen LogP contribution in [0.15, 0.2) is 66.2 Å². The molecular formula is C29H27NO6. The van der Waals surface area contributed by atoms with Crippen molar-refractivity contribution in [1.29, 1.82) is 0 Å². The fourth-order valence-electron chi connectivity index (χ4n) is 4.78. The molecule has 0 saturated carbocycles. The second kappa shape index (κ2) is 9.07. The number of aliphatic hydroxyl groups excluding tert-OH is 1. The third-order valence-corrected chi connectivity index (χ3v) is 6.56. The van der Waals surface area contributed by atoms with Crippen LogP contribution in [0.4, 0.5) is 5.69 Å². The van der Waals surface area contributed by atoms with Crippen LogP contribution < -0.4 is 19.1 Å². The van der Waals surface area contributed by atoms with Gasteiger partial charge in [-0.05, 0) is 54.3 Å². The number of ether oxygens (including phenoxy) is 3. The molecule has 1 saturated heterocycles. The summed E-state index contributed by atoms with van der Waals surface area (Å²) in [4.78, 5) is 28.3. The highest BCUT2D eigenvalue weighted by Crippen LogP contribution is 2.45. The quantitative estimate of drug-likeness (QED) is 0.293. The molecule has 36 heavy (non-hydrogen) atoms. The van der Waals surface area contributed by atoms with E-state index in [4.69, 9.17) is 14.2 Å². The molecule has 0 aromatic heterocycles. The van der Waals surface area contributed by atoms with Gasteiger partial charge in [0.15, 0.2) is 11.5 Å². The Morgan fingerprint density at radius 2 is 1.81 bits per heavy atom. The van der Waals surface area contributed by atoms with Crippen molar-refractivity contribution in [1.82, 2.24) is 0 Å². The molecule has 2 aliphatic rings. The van der Waals surface area contributed by atoms with Crippen LogP contribution in [0.25, 0.3) is 5.76 Å². The molecule has 184 valence electrons. The number of fused-ring (bicyclic) bond motifs is 1. The van der Waals surface area contributed by atoms with E-state index < -0.39 is 17.7 Å². The number of nitrogens with zero attached hydrogens (tertiary/aromatic N) is 1. The molecule has 5 rings (SSSR count). The lowest BCUT2D eigenvalue weighted by Gasteiger charge is -2.26. The van der Waals surface area contributed by atoms with Crippen LogP contribution in [0, 0.1) is 6.92 Å². The van der Waals surface area contributed by atoms with Gasteiger partial charge in [0.05, 0.1) is 18.7 Å². The predicted molar refractivity (Wildman–Crippen MR) is 136 cm³/mol. The van der Waals surface area contributed by atoms with Crippen molar-refractivity contribution in [2.75, 3.05) is 18.8 Å². The molecule has 0 radical (unpaired) electrons. The van der Waals surface area contributed by atoms with E-state index in [2.05, 4.69) is 0 Å². The van der Waals surface area contributed by atoms with E-state index in [9.17, 15) is 14.7 Å². The molecule has 7 nitrogen and oxygen atoms in total. The molecule has 3 aromatic carbocycles. The number of carbonyl (C=O) groups is 2. The zero-order chi connectivity index (χ0) is 25.6. The van der Waals surface area contributed by atoms with E-state index in [0.717, 1.165) is 11.1 Å². The molecule has 0 spiro atoms. The minimum Gasteiger partial charge on any atom is -0.507 e. The largest absolute Gasteiger partial charge is 0.507 e. The van der Waals surface area contributed by atoms with Crippen LogP contribution in [0.2, 0.25) is 0 Å². The summed E-state index contributed by atoms with van der Waals surface area (Å²) in [6, 6.07) is 17.1. The molecule has 7 heteroatoms. The van der Waals surface area contributed by atoms with Gasteiger partial charge in [0.2, 0.25) is 6.79 Å². The number of carbonyl (C=O) groups excluding carboxylic acids is 2. The van der Waals surface area contributed by atoms with E-state index in [1.807, 2.05) is 45.0 Å². The summed E-state index contributed by atoms with van der Waals surface area (Å²) in [7, 11) is 1.59. The maximum absolute atomic E-state index is 13.5. The Morgan fingerprint density at radius 1 is 1.03 bits per heavy atom. The van der Waals surface area contributed by atoms with Gasteiger partial charge >= 0.3 is 0 Å². The molecule has 1 fully saturated rings. The molecule has 0 bridgehead atoms. The van der Waals surface area contributed by atoms with Crippen LogP contribution in [-0.2, 0) is 9.59 Å². The Balaban J connectivity index is 1.71. The average molecular weight is 486 g/mol. The number of aliphatic hydroxyl groups is 1. The first-order chi connectivity index (χ1) is 17.3. The summed E-state index contributed by atoms with van der Waals surface area (Å²) in [6.45, 7) is 6.07. The lowest BCUT2D eigenvalue weighted by atomic mass is 9.92. The molecule has 2 heterocycles. The lowest BCUT2D eigenvalue weighted by molar-refractivity contribution is -0.132. The SMILES string of the molecule is COc1ccc(/C(O)=C2\C(=O)C(=O)N(c3ccc4c(c3)OCO4)C2c2cccc(C)c2)cc1C(C)C. The lowest BCUT2D eigenvalue weighted by Crippen LogP contribution is -2.29. The van der Waals surface area contributed by atoms with Gasteiger partial charge in [-0.25, -0.2) is 0 Å². The van der Waals surface area contributed by atoms with Gasteiger partial charge in [-0.15, -0.1) is 0 Å². The molecule has 1 N–H and O–H groups in total. The molecule has 0 aliphatic carbocycles. The highest BCUT2D eigenvalue weighted by atomic mass is 16.7. The van der Waals surface area contributed by atoms with E-state index in [1.165, 1.54) is 4.90 Å². The highest BCUT2D eigenvalue weighted by Gasteiger charge is 2.47. The Kier molecular flexibility index (Phi) is 5.92. The maximum atomic E-state index is 13.5. The number of aryl methyl sites for hydroxylation is 1. The van der Waals surface area contributed by atoms with Gasteiger partial charge in [-0.3, -0.25) is 14.5 Å². The standard InChI is InChI=1S/C29H27NO6/c1-16(2)21-13-19(8-10-22(21)34-4)27(31)25-26(18-7-5-6-17(3)12-18)30(29(33)28(25)32)20-9-11-23-24(14-20)36-15-35-23/h5-14,16,26,31H,15H2,1-4H3/b27-25+. The minimum absolute atomic E-state index is 0.0307. The number of amides is 1. The second-order valence-corrected chi connectivity index (χ2v) is 9.23. The van der Waals surface area contributed by atoms with Crippen molar-refractivity contribution in [3.05, 3.63) is 88.5 Å². The van der Waals surface area contributed by atoms with Crippen molar-refractivity contribution < 1.29 is 28.9 Å². The Labute approximate surface area is 209 Å². The van der Waals surface area contributed by atoms with E-state index >= 15 is 0 Å². The molecule has 1 amide bonds. The predicted octanol–water partition coefficient (Wildman–Crippen LogP) is 5.48. The zero-order valence-corrected chi connectivity index (χ0v) is 20.6. The summed E-state index contributed by atoms with van der Waals surface area (Å²) in [6.07, 6.45) is 0. The summed E-state index contributed by atoms with van der Waals surface area (Å²) in [5, 5.41) is 11.5. The van der Waals surface area contributed by atoms with Gasteiger partial charge < -0.3 is 19.3 Å². The third-order valence-electron chi connectivity index (χ3n) is 6.56. The summed E-state index contributed by atoms with van der Waals surface area (Å²) in [5.74, 6) is 0.177. The van der Waals surface area contributed by atoms with Crippen molar-refractivity contribution in [2.24, 2.45) is 0 Å². The van der Waals surface area contributed by atoms with Gasteiger partial charge in [-0.1, -0.05) is 43.7 Å². The number of hydrogen-bond acceptors (Lipinski definition) is 6. The monoisotopic (exact) mass is 485 g/mol. The minimum atomic E-state index is -0.824. The fourth-order valence-corrected chi connectivity index (χ4v) is 4.78.